The molecule has 1 aliphatic heterocycles. The molecule has 0 bridgehead atoms. The van der Waals surface area contributed by atoms with Crippen LogP contribution in [0.2, 0.25) is 0 Å². The highest BCUT2D eigenvalue weighted by Crippen LogP contribution is 2.28. The number of carbonyl (C=O) groups is 1. The van der Waals surface area contributed by atoms with Crippen LogP contribution >= 0.6 is 0 Å². The van der Waals surface area contributed by atoms with Crippen LogP contribution in [0.5, 0.6) is 0 Å². The summed E-state index contributed by atoms with van der Waals surface area (Å²) in [7, 11) is 0. The van der Waals surface area contributed by atoms with Gasteiger partial charge < -0.3 is 10.0 Å². The normalized spacial score (nSPS) is 17.7. The minimum absolute atomic E-state index is 0.193. The van der Waals surface area contributed by atoms with Gasteiger partial charge in [-0.25, -0.2) is 0 Å². The number of likely N-dealkylation sites (tertiary alicyclic amines) is 1. The number of aryl methyl sites for hydroxylation is 1. The van der Waals surface area contributed by atoms with E-state index in [1.807, 2.05) is 29.2 Å². The van der Waals surface area contributed by atoms with Gasteiger partial charge in [0.1, 0.15) is 0 Å². The number of nitrogens with zero attached hydrogens (tertiary/aromatic N) is 1. The van der Waals surface area contributed by atoms with Crippen molar-refractivity contribution in [2.75, 3.05) is 13.1 Å². The van der Waals surface area contributed by atoms with Gasteiger partial charge in [0, 0.05) is 25.9 Å². The summed E-state index contributed by atoms with van der Waals surface area (Å²) in [5.41, 5.74) is 2.89. The Hall–Kier alpha value is -2.13. The van der Waals surface area contributed by atoms with Gasteiger partial charge in [-0.1, -0.05) is 67.1 Å². The van der Waals surface area contributed by atoms with Gasteiger partial charge in [0.25, 0.3) is 0 Å². The maximum atomic E-state index is 12.6. The van der Waals surface area contributed by atoms with Crippen LogP contribution in [-0.4, -0.2) is 34.6 Å². The largest absolute Gasteiger partial charge is 0.389 e. The Morgan fingerprint density at radius 1 is 1.12 bits per heavy atom. The van der Waals surface area contributed by atoms with Crippen molar-refractivity contribution in [2.45, 2.75) is 51.0 Å². The van der Waals surface area contributed by atoms with Crippen LogP contribution in [0.4, 0.5) is 0 Å². The first-order valence-electron chi connectivity index (χ1n) is 9.56. The van der Waals surface area contributed by atoms with E-state index in [1.165, 1.54) is 16.7 Å². The summed E-state index contributed by atoms with van der Waals surface area (Å²) in [6, 6.07) is 18.5. The number of piperidine rings is 1. The van der Waals surface area contributed by atoms with Gasteiger partial charge in [0.2, 0.25) is 5.91 Å². The second-order valence-corrected chi connectivity index (χ2v) is 7.79. The molecule has 3 rings (SSSR count). The molecule has 1 N–H and O–H groups in total. The van der Waals surface area contributed by atoms with Crippen molar-refractivity contribution in [3.05, 3.63) is 71.3 Å². The van der Waals surface area contributed by atoms with Crippen molar-refractivity contribution in [2.24, 2.45) is 0 Å². The zero-order valence-electron chi connectivity index (χ0n) is 15.8. The van der Waals surface area contributed by atoms with E-state index in [0.29, 0.717) is 38.8 Å². The van der Waals surface area contributed by atoms with Crippen LogP contribution < -0.4 is 0 Å². The maximum Gasteiger partial charge on any atom is 0.223 e. The molecule has 1 saturated heterocycles. The van der Waals surface area contributed by atoms with Crippen molar-refractivity contribution in [3.63, 3.8) is 0 Å². The molecule has 26 heavy (non-hydrogen) atoms. The van der Waals surface area contributed by atoms with Gasteiger partial charge in [-0.3, -0.25) is 4.79 Å². The number of hydrogen-bond donors (Lipinski definition) is 1. The highest BCUT2D eigenvalue weighted by atomic mass is 16.3. The van der Waals surface area contributed by atoms with E-state index < -0.39 is 5.60 Å². The second kappa shape index (κ2) is 8.05. The van der Waals surface area contributed by atoms with Gasteiger partial charge >= 0.3 is 0 Å². The van der Waals surface area contributed by atoms with E-state index in [4.69, 9.17) is 0 Å². The van der Waals surface area contributed by atoms with Crippen molar-refractivity contribution in [1.29, 1.82) is 0 Å². The third kappa shape index (κ3) is 4.73. The summed E-state index contributed by atoms with van der Waals surface area (Å²) in [5.74, 6) is 0.413. The fourth-order valence-electron chi connectivity index (χ4n) is 3.84. The Labute approximate surface area is 156 Å². The van der Waals surface area contributed by atoms with E-state index in [9.17, 15) is 9.90 Å². The first-order chi connectivity index (χ1) is 12.5. The molecule has 0 saturated carbocycles. The molecular formula is C23H29NO2. The first-order valence-corrected chi connectivity index (χ1v) is 9.56. The van der Waals surface area contributed by atoms with Crippen molar-refractivity contribution >= 4 is 5.91 Å². The maximum absolute atomic E-state index is 12.6. The predicted octanol–water partition coefficient (Wildman–Crippen LogP) is 4.08. The van der Waals surface area contributed by atoms with Crippen LogP contribution in [-0.2, 0) is 11.2 Å². The topological polar surface area (TPSA) is 40.5 Å². The van der Waals surface area contributed by atoms with Crippen molar-refractivity contribution in [1.82, 2.24) is 4.90 Å². The summed E-state index contributed by atoms with van der Waals surface area (Å²) < 4.78 is 0. The van der Waals surface area contributed by atoms with Crippen LogP contribution in [0.15, 0.2) is 54.6 Å². The number of benzene rings is 2. The van der Waals surface area contributed by atoms with E-state index in [2.05, 4.69) is 44.2 Å². The molecule has 1 unspecified atom stereocenters. The molecule has 1 aliphatic rings. The molecule has 1 fully saturated rings. The fourth-order valence-corrected chi connectivity index (χ4v) is 3.84. The highest BCUT2D eigenvalue weighted by Gasteiger charge is 2.34. The first kappa shape index (κ1) is 18.7. The molecule has 0 radical (unpaired) electrons. The molecule has 1 amide bonds. The molecular weight excluding hydrogens is 322 g/mol. The smallest absolute Gasteiger partial charge is 0.223 e. The van der Waals surface area contributed by atoms with Crippen LogP contribution in [0.25, 0.3) is 0 Å². The van der Waals surface area contributed by atoms with Gasteiger partial charge in [0.15, 0.2) is 0 Å². The van der Waals surface area contributed by atoms with E-state index >= 15 is 0 Å². The standard InChI is InChI=1S/C23H29NO2/c1-18-7-6-8-20(15-18)17-23(26)11-13-24(14-12-23)22(25)16-19(2)21-9-4-3-5-10-21/h3-10,15,19,26H,11-14,16-17H2,1-2H3. The average Bonchev–Trinajstić information content (AvgIpc) is 2.62. The Kier molecular flexibility index (Phi) is 5.77. The van der Waals surface area contributed by atoms with Crippen molar-refractivity contribution < 1.29 is 9.90 Å². The third-order valence-electron chi connectivity index (χ3n) is 5.51. The lowest BCUT2D eigenvalue weighted by Crippen LogP contribution is -2.47. The molecule has 3 heteroatoms. The lowest BCUT2D eigenvalue weighted by Gasteiger charge is -2.38. The Balaban J connectivity index is 1.53. The van der Waals surface area contributed by atoms with Gasteiger partial charge in [-0.05, 0) is 36.8 Å². The lowest BCUT2D eigenvalue weighted by atomic mass is 9.84. The highest BCUT2D eigenvalue weighted by molar-refractivity contribution is 5.77. The number of hydrogen-bond acceptors (Lipinski definition) is 2. The Morgan fingerprint density at radius 2 is 1.81 bits per heavy atom. The van der Waals surface area contributed by atoms with Crippen LogP contribution in [0.3, 0.4) is 0 Å². The van der Waals surface area contributed by atoms with Gasteiger partial charge in [0.05, 0.1) is 5.60 Å². The van der Waals surface area contributed by atoms with E-state index in [-0.39, 0.29) is 11.8 Å². The zero-order valence-corrected chi connectivity index (χ0v) is 15.8. The summed E-state index contributed by atoms with van der Waals surface area (Å²) in [6.07, 6.45) is 2.48. The minimum atomic E-state index is -0.699. The lowest BCUT2D eigenvalue weighted by molar-refractivity contribution is -0.135. The van der Waals surface area contributed by atoms with Crippen LogP contribution in [0.1, 0.15) is 48.8 Å². The minimum Gasteiger partial charge on any atom is -0.389 e. The number of rotatable bonds is 5. The fraction of sp³-hybridized carbons (Fsp3) is 0.435. The molecule has 1 heterocycles. The molecule has 3 nitrogen and oxygen atoms in total. The molecule has 0 aromatic heterocycles. The zero-order chi connectivity index (χ0) is 18.6. The summed E-state index contributed by atoms with van der Waals surface area (Å²) in [6.45, 7) is 5.46. The molecule has 138 valence electrons. The quantitative estimate of drug-likeness (QED) is 0.881. The van der Waals surface area contributed by atoms with E-state index in [0.717, 1.165) is 0 Å². The SMILES string of the molecule is Cc1cccc(CC2(O)CCN(C(=O)CC(C)c3ccccc3)CC2)c1. The number of aliphatic hydroxyl groups is 1. The summed E-state index contributed by atoms with van der Waals surface area (Å²) in [5, 5.41) is 10.9. The van der Waals surface area contributed by atoms with Crippen LogP contribution in [0, 0.1) is 6.92 Å². The molecule has 0 spiro atoms. The average molecular weight is 351 g/mol. The summed E-state index contributed by atoms with van der Waals surface area (Å²) in [4.78, 5) is 14.6. The molecule has 2 aromatic carbocycles. The monoisotopic (exact) mass is 351 g/mol. The molecule has 0 aliphatic carbocycles. The summed E-state index contributed by atoms with van der Waals surface area (Å²) >= 11 is 0. The van der Waals surface area contributed by atoms with Crippen molar-refractivity contribution in [3.8, 4) is 0 Å². The Bertz CT molecular complexity index is 733. The number of amides is 1. The second-order valence-electron chi connectivity index (χ2n) is 7.79. The third-order valence-corrected chi connectivity index (χ3v) is 5.51. The predicted molar refractivity (Wildman–Crippen MR) is 105 cm³/mol. The number of carbonyl (C=O) groups excluding carboxylic acids is 1. The molecule has 2 aromatic rings. The molecule has 1 atom stereocenters. The Morgan fingerprint density at radius 3 is 2.46 bits per heavy atom. The van der Waals surface area contributed by atoms with E-state index in [1.54, 1.807) is 0 Å². The van der Waals surface area contributed by atoms with Gasteiger partial charge in [-0.15, -0.1) is 0 Å². The van der Waals surface area contributed by atoms with Gasteiger partial charge in [-0.2, -0.15) is 0 Å².